The quantitative estimate of drug-likeness (QED) is 0.883. The number of carbonyl (C=O) groups excluding carboxylic acids is 1. The first-order chi connectivity index (χ1) is 9.97. The molecule has 0 heterocycles. The third-order valence-electron chi connectivity index (χ3n) is 3.16. The average molecular weight is 302 g/mol. The first-order valence-corrected chi connectivity index (χ1v) is 6.79. The fourth-order valence-electron chi connectivity index (χ4n) is 1.91. The minimum atomic E-state index is -0.316. The van der Waals surface area contributed by atoms with Crippen LogP contribution in [-0.4, -0.2) is 17.9 Å². The molecule has 2 rings (SSSR count). The largest absolute Gasteiger partial charge is 0.389 e. The lowest BCUT2D eigenvalue weighted by Crippen LogP contribution is -2.28. The summed E-state index contributed by atoms with van der Waals surface area (Å²) in [5.41, 5.74) is 7.78. The molecule has 0 aliphatic heterocycles. The number of nitrogens with two attached hydrogens (primary N) is 1. The lowest BCUT2D eigenvalue weighted by molar-refractivity contribution is -0.117. The van der Waals surface area contributed by atoms with E-state index < -0.39 is 0 Å². The molecule has 0 fully saturated rings. The highest BCUT2D eigenvalue weighted by Crippen LogP contribution is 2.16. The van der Waals surface area contributed by atoms with E-state index in [1.54, 1.807) is 37.4 Å². The highest BCUT2D eigenvalue weighted by molar-refractivity contribution is 7.80. The van der Waals surface area contributed by atoms with Crippen LogP contribution in [0.3, 0.4) is 0 Å². The van der Waals surface area contributed by atoms with Crippen LogP contribution in [0.4, 0.5) is 10.1 Å². The maximum Gasteiger partial charge on any atom is 0.231 e. The van der Waals surface area contributed by atoms with Gasteiger partial charge in [0.1, 0.15) is 10.8 Å². The minimum Gasteiger partial charge on any atom is -0.389 e. The Labute approximate surface area is 128 Å². The number of carbonyl (C=O) groups is 1. The number of halogens is 1. The van der Waals surface area contributed by atoms with Crippen molar-refractivity contribution >= 4 is 28.8 Å². The summed E-state index contributed by atoms with van der Waals surface area (Å²) in [5, 5.41) is 0. The normalized spacial score (nSPS) is 10.2. The van der Waals surface area contributed by atoms with Gasteiger partial charge in [0.15, 0.2) is 0 Å². The van der Waals surface area contributed by atoms with Gasteiger partial charge in [0, 0.05) is 18.3 Å². The van der Waals surface area contributed by atoms with Crippen molar-refractivity contribution in [1.82, 2.24) is 0 Å². The smallest absolute Gasteiger partial charge is 0.231 e. The standard InChI is InChI=1S/C16H15FN2OS/c1-19(14-4-2-3-12(10-14)16(18)21)15(20)9-11-5-7-13(17)8-6-11/h2-8,10H,9H2,1H3,(H2,18,21). The van der Waals surface area contributed by atoms with Gasteiger partial charge in [0.05, 0.1) is 6.42 Å². The fraction of sp³-hybridized carbons (Fsp3) is 0.125. The van der Waals surface area contributed by atoms with E-state index >= 15 is 0 Å². The van der Waals surface area contributed by atoms with Crippen LogP contribution in [-0.2, 0) is 11.2 Å². The van der Waals surface area contributed by atoms with Gasteiger partial charge in [-0.1, -0.05) is 36.5 Å². The second-order valence-electron chi connectivity index (χ2n) is 4.67. The average Bonchev–Trinajstić information content (AvgIpc) is 2.49. The molecule has 0 spiro atoms. The number of anilines is 1. The van der Waals surface area contributed by atoms with Crippen LogP contribution < -0.4 is 10.6 Å². The molecule has 0 aliphatic rings. The van der Waals surface area contributed by atoms with E-state index in [2.05, 4.69) is 0 Å². The third kappa shape index (κ3) is 3.86. The number of benzene rings is 2. The summed E-state index contributed by atoms with van der Waals surface area (Å²) in [6.07, 6.45) is 0.202. The molecule has 21 heavy (non-hydrogen) atoms. The van der Waals surface area contributed by atoms with Crippen LogP contribution in [0.5, 0.6) is 0 Å². The van der Waals surface area contributed by atoms with Gasteiger partial charge < -0.3 is 10.6 Å². The summed E-state index contributed by atoms with van der Waals surface area (Å²) in [6.45, 7) is 0. The number of hydrogen-bond acceptors (Lipinski definition) is 2. The monoisotopic (exact) mass is 302 g/mol. The van der Waals surface area contributed by atoms with E-state index in [4.69, 9.17) is 18.0 Å². The van der Waals surface area contributed by atoms with Crippen LogP contribution in [0, 0.1) is 5.82 Å². The first-order valence-electron chi connectivity index (χ1n) is 6.38. The van der Waals surface area contributed by atoms with Crippen molar-refractivity contribution < 1.29 is 9.18 Å². The van der Waals surface area contributed by atoms with E-state index in [-0.39, 0.29) is 23.1 Å². The van der Waals surface area contributed by atoms with Crippen LogP contribution in [0.1, 0.15) is 11.1 Å². The highest BCUT2D eigenvalue weighted by atomic mass is 32.1. The van der Waals surface area contributed by atoms with Crippen molar-refractivity contribution in [2.24, 2.45) is 5.73 Å². The number of amides is 1. The summed E-state index contributed by atoms with van der Waals surface area (Å²) in [7, 11) is 1.69. The first kappa shape index (κ1) is 15.1. The number of likely N-dealkylation sites (N-methyl/N-ethyl adjacent to an activating group) is 1. The number of rotatable bonds is 4. The SMILES string of the molecule is CN(C(=O)Cc1ccc(F)cc1)c1cccc(C(N)=S)c1. The molecule has 0 saturated carbocycles. The van der Waals surface area contributed by atoms with Crippen LogP contribution in [0.2, 0.25) is 0 Å². The van der Waals surface area contributed by atoms with Gasteiger partial charge in [0.2, 0.25) is 5.91 Å². The van der Waals surface area contributed by atoms with E-state index in [9.17, 15) is 9.18 Å². The molecule has 0 aromatic heterocycles. The molecule has 108 valence electrons. The minimum absolute atomic E-state index is 0.0957. The third-order valence-corrected chi connectivity index (χ3v) is 3.40. The van der Waals surface area contributed by atoms with Gasteiger partial charge in [-0.05, 0) is 29.8 Å². The molecule has 0 saturated heterocycles. The van der Waals surface area contributed by atoms with Gasteiger partial charge in [-0.15, -0.1) is 0 Å². The predicted octanol–water partition coefficient (Wildman–Crippen LogP) is 2.67. The van der Waals surface area contributed by atoms with Gasteiger partial charge in [-0.25, -0.2) is 4.39 Å². The van der Waals surface area contributed by atoms with Crippen molar-refractivity contribution in [2.45, 2.75) is 6.42 Å². The Morgan fingerprint density at radius 1 is 1.24 bits per heavy atom. The second-order valence-corrected chi connectivity index (χ2v) is 5.11. The van der Waals surface area contributed by atoms with E-state index in [0.717, 1.165) is 5.56 Å². The molecular formula is C16H15FN2OS. The highest BCUT2D eigenvalue weighted by Gasteiger charge is 2.12. The Kier molecular flexibility index (Phi) is 4.65. The molecule has 5 heteroatoms. The molecule has 0 unspecified atom stereocenters. The Balaban J connectivity index is 2.13. The van der Waals surface area contributed by atoms with Crippen molar-refractivity contribution in [3.05, 3.63) is 65.5 Å². The number of nitrogens with zero attached hydrogens (tertiary/aromatic N) is 1. The Morgan fingerprint density at radius 3 is 2.52 bits per heavy atom. The van der Waals surface area contributed by atoms with E-state index in [1.165, 1.54) is 17.0 Å². The predicted molar refractivity (Wildman–Crippen MR) is 85.8 cm³/mol. The maximum atomic E-state index is 12.8. The van der Waals surface area contributed by atoms with Gasteiger partial charge in [0.25, 0.3) is 0 Å². The summed E-state index contributed by atoms with van der Waals surface area (Å²) in [5.74, 6) is -0.412. The van der Waals surface area contributed by atoms with Crippen LogP contribution in [0.25, 0.3) is 0 Å². The molecule has 0 atom stereocenters. The lowest BCUT2D eigenvalue weighted by atomic mass is 10.1. The van der Waals surface area contributed by atoms with Crippen molar-refractivity contribution in [3.8, 4) is 0 Å². The molecule has 2 aromatic rings. The molecule has 2 aromatic carbocycles. The Morgan fingerprint density at radius 2 is 1.90 bits per heavy atom. The van der Waals surface area contributed by atoms with Crippen molar-refractivity contribution in [2.75, 3.05) is 11.9 Å². The van der Waals surface area contributed by atoms with Gasteiger partial charge >= 0.3 is 0 Å². The fourth-order valence-corrected chi connectivity index (χ4v) is 2.03. The molecule has 0 aliphatic carbocycles. The zero-order valence-corrected chi connectivity index (χ0v) is 12.4. The van der Waals surface area contributed by atoms with Crippen molar-refractivity contribution in [1.29, 1.82) is 0 Å². The van der Waals surface area contributed by atoms with E-state index in [1.807, 2.05) is 6.07 Å². The Bertz CT molecular complexity index is 670. The van der Waals surface area contributed by atoms with Crippen LogP contribution >= 0.6 is 12.2 Å². The number of hydrogen-bond donors (Lipinski definition) is 1. The number of thiocarbonyl (C=S) groups is 1. The maximum absolute atomic E-state index is 12.8. The molecule has 1 amide bonds. The lowest BCUT2D eigenvalue weighted by Gasteiger charge is -2.18. The summed E-state index contributed by atoms with van der Waals surface area (Å²) in [6, 6.07) is 13.1. The Hall–Kier alpha value is -2.27. The zero-order valence-electron chi connectivity index (χ0n) is 11.5. The van der Waals surface area contributed by atoms with Crippen molar-refractivity contribution in [3.63, 3.8) is 0 Å². The molecule has 2 N–H and O–H groups in total. The summed E-state index contributed by atoms with van der Waals surface area (Å²) >= 11 is 4.93. The summed E-state index contributed by atoms with van der Waals surface area (Å²) in [4.78, 5) is 14.1. The topological polar surface area (TPSA) is 46.3 Å². The molecule has 0 radical (unpaired) electrons. The zero-order chi connectivity index (χ0) is 15.4. The van der Waals surface area contributed by atoms with Crippen LogP contribution in [0.15, 0.2) is 48.5 Å². The van der Waals surface area contributed by atoms with Gasteiger partial charge in [-0.2, -0.15) is 0 Å². The molecular weight excluding hydrogens is 287 g/mol. The van der Waals surface area contributed by atoms with Gasteiger partial charge in [-0.3, -0.25) is 4.79 Å². The molecule has 0 bridgehead atoms. The van der Waals surface area contributed by atoms with E-state index in [0.29, 0.717) is 11.3 Å². The molecule has 3 nitrogen and oxygen atoms in total. The summed E-state index contributed by atoms with van der Waals surface area (Å²) < 4.78 is 12.8. The second kappa shape index (κ2) is 6.45.